The van der Waals surface area contributed by atoms with Gasteiger partial charge in [-0.3, -0.25) is 9.21 Å². The Balaban J connectivity index is 1.39. The van der Waals surface area contributed by atoms with Crippen LogP contribution in [0.25, 0.3) is 0 Å². The number of sulfonamides is 1. The fourth-order valence-electron chi connectivity index (χ4n) is 4.82. The Morgan fingerprint density at radius 1 is 0.968 bits per heavy atom. The Labute approximate surface area is 186 Å². The van der Waals surface area contributed by atoms with Gasteiger partial charge in [0.15, 0.2) is 0 Å². The lowest BCUT2D eigenvalue weighted by molar-refractivity contribution is 0.109. The number of aliphatic hydroxyl groups is 1. The Hall–Kier alpha value is -2.09. The molecule has 2 heterocycles. The molecule has 0 aliphatic carbocycles. The van der Waals surface area contributed by atoms with Crippen LogP contribution in [0.4, 0.5) is 11.4 Å². The number of benzene rings is 2. The molecule has 2 aromatic carbocycles. The monoisotopic (exact) mass is 443 g/mol. The average Bonchev–Trinajstić information content (AvgIpc) is 2.73. The van der Waals surface area contributed by atoms with Crippen LogP contribution in [0.2, 0.25) is 0 Å². The molecule has 168 valence electrons. The predicted octanol–water partition coefficient (Wildman–Crippen LogP) is 2.87. The minimum Gasteiger partial charge on any atom is -0.387 e. The SMILES string of the molecule is Cc1ccc(N2CCN(C[C@H](O)c3ccc4c(c3)CCCN4S(C)(=O)=O)CC2)c(C)c1. The van der Waals surface area contributed by atoms with Crippen molar-refractivity contribution in [1.82, 2.24) is 4.90 Å². The second kappa shape index (κ2) is 8.81. The van der Waals surface area contributed by atoms with Crippen molar-refractivity contribution in [2.24, 2.45) is 0 Å². The summed E-state index contributed by atoms with van der Waals surface area (Å²) in [6.45, 7) is 9.13. The van der Waals surface area contributed by atoms with Crippen LogP contribution in [0.3, 0.4) is 0 Å². The van der Waals surface area contributed by atoms with Gasteiger partial charge in [-0.25, -0.2) is 8.42 Å². The van der Waals surface area contributed by atoms with Crippen LogP contribution in [0.5, 0.6) is 0 Å². The first-order valence-electron chi connectivity index (χ1n) is 11.1. The maximum absolute atomic E-state index is 12.1. The van der Waals surface area contributed by atoms with Gasteiger partial charge in [0.2, 0.25) is 10.0 Å². The topological polar surface area (TPSA) is 64.1 Å². The number of β-amino-alcohol motifs (C(OH)–C–C–N with tert-alkyl or cyclic N) is 1. The molecule has 2 aromatic rings. The minimum atomic E-state index is -3.27. The number of aliphatic hydroxyl groups excluding tert-OH is 1. The van der Waals surface area contributed by atoms with Crippen LogP contribution in [0.15, 0.2) is 36.4 Å². The highest BCUT2D eigenvalue weighted by Crippen LogP contribution is 2.32. The van der Waals surface area contributed by atoms with Gasteiger partial charge in [-0.2, -0.15) is 0 Å². The number of aryl methyl sites for hydroxylation is 3. The number of hydrogen-bond donors (Lipinski definition) is 1. The standard InChI is InChI=1S/C24H33N3O3S/c1-18-6-8-22(19(2)15-18)26-13-11-25(12-14-26)17-24(28)21-7-9-23-20(16-21)5-4-10-27(23)31(3,29)30/h6-9,15-16,24,28H,4-5,10-14,17H2,1-3H3/t24-/m0/s1. The first kappa shape index (κ1) is 22.1. The first-order valence-corrected chi connectivity index (χ1v) is 12.9. The molecule has 0 saturated carbocycles. The summed E-state index contributed by atoms with van der Waals surface area (Å²) >= 11 is 0. The normalized spacial score (nSPS) is 18.7. The molecule has 2 aliphatic heterocycles. The van der Waals surface area contributed by atoms with Crippen molar-refractivity contribution >= 4 is 21.4 Å². The Morgan fingerprint density at radius 2 is 1.68 bits per heavy atom. The smallest absolute Gasteiger partial charge is 0.232 e. The lowest BCUT2D eigenvalue weighted by Gasteiger charge is -2.37. The molecule has 1 atom stereocenters. The Bertz CT molecular complexity index is 1050. The van der Waals surface area contributed by atoms with Crippen LogP contribution < -0.4 is 9.21 Å². The molecule has 6 nitrogen and oxygen atoms in total. The van der Waals surface area contributed by atoms with Crippen molar-refractivity contribution in [2.75, 3.05) is 54.7 Å². The van der Waals surface area contributed by atoms with Crippen LogP contribution in [-0.2, 0) is 16.4 Å². The van der Waals surface area contributed by atoms with E-state index in [4.69, 9.17) is 0 Å². The molecule has 0 bridgehead atoms. The molecule has 1 N–H and O–H groups in total. The molecule has 0 radical (unpaired) electrons. The molecule has 0 aromatic heterocycles. The highest BCUT2D eigenvalue weighted by atomic mass is 32.2. The van der Waals surface area contributed by atoms with E-state index in [0.717, 1.165) is 55.8 Å². The Morgan fingerprint density at radius 3 is 2.35 bits per heavy atom. The third-order valence-corrected chi connectivity index (χ3v) is 7.64. The first-order chi connectivity index (χ1) is 14.7. The zero-order valence-corrected chi connectivity index (χ0v) is 19.5. The maximum atomic E-state index is 12.1. The maximum Gasteiger partial charge on any atom is 0.232 e. The quantitative estimate of drug-likeness (QED) is 0.770. The van der Waals surface area contributed by atoms with Gasteiger partial charge in [-0.15, -0.1) is 0 Å². The molecule has 7 heteroatoms. The van der Waals surface area contributed by atoms with Gasteiger partial charge in [0.25, 0.3) is 0 Å². The van der Waals surface area contributed by atoms with E-state index >= 15 is 0 Å². The van der Waals surface area contributed by atoms with Crippen molar-refractivity contribution in [3.8, 4) is 0 Å². The third-order valence-electron chi connectivity index (χ3n) is 6.46. The van der Waals surface area contributed by atoms with E-state index in [9.17, 15) is 13.5 Å². The number of fused-ring (bicyclic) bond motifs is 1. The second-order valence-electron chi connectivity index (χ2n) is 8.92. The van der Waals surface area contributed by atoms with Crippen LogP contribution >= 0.6 is 0 Å². The van der Waals surface area contributed by atoms with Gasteiger partial charge >= 0.3 is 0 Å². The summed E-state index contributed by atoms with van der Waals surface area (Å²) in [5, 5.41) is 10.9. The lowest BCUT2D eigenvalue weighted by Crippen LogP contribution is -2.47. The molecule has 1 fully saturated rings. The lowest BCUT2D eigenvalue weighted by atomic mass is 9.98. The molecule has 0 spiro atoms. The summed E-state index contributed by atoms with van der Waals surface area (Å²) in [6, 6.07) is 12.3. The van der Waals surface area contributed by atoms with Crippen LogP contribution in [-0.4, -0.2) is 63.9 Å². The number of anilines is 2. The van der Waals surface area contributed by atoms with Gasteiger partial charge < -0.3 is 10.0 Å². The number of piperazine rings is 1. The number of rotatable bonds is 5. The van der Waals surface area contributed by atoms with E-state index in [0.29, 0.717) is 13.1 Å². The van der Waals surface area contributed by atoms with Gasteiger partial charge in [-0.05, 0) is 55.5 Å². The van der Waals surface area contributed by atoms with Crippen molar-refractivity contribution in [3.63, 3.8) is 0 Å². The molecule has 0 unspecified atom stereocenters. The molecular formula is C24H33N3O3S. The zero-order chi connectivity index (χ0) is 22.2. The molecule has 1 saturated heterocycles. The van der Waals surface area contributed by atoms with Crippen molar-refractivity contribution in [3.05, 3.63) is 58.7 Å². The molecule has 2 aliphatic rings. The molecule has 31 heavy (non-hydrogen) atoms. The highest BCUT2D eigenvalue weighted by Gasteiger charge is 2.26. The van der Waals surface area contributed by atoms with Gasteiger partial charge in [0, 0.05) is 45.0 Å². The minimum absolute atomic E-state index is 0.526. The van der Waals surface area contributed by atoms with Gasteiger partial charge in [0.1, 0.15) is 0 Å². The number of nitrogens with zero attached hydrogens (tertiary/aromatic N) is 3. The summed E-state index contributed by atoms with van der Waals surface area (Å²) in [5.41, 5.74) is 6.53. The van der Waals surface area contributed by atoms with Crippen molar-refractivity contribution in [1.29, 1.82) is 0 Å². The van der Waals surface area contributed by atoms with E-state index in [1.165, 1.54) is 27.4 Å². The summed E-state index contributed by atoms with van der Waals surface area (Å²) < 4.78 is 25.6. The highest BCUT2D eigenvalue weighted by molar-refractivity contribution is 7.92. The van der Waals surface area contributed by atoms with Gasteiger partial charge in [-0.1, -0.05) is 29.8 Å². The summed E-state index contributed by atoms with van der Waals surface area (Å²) in [6.07, 6.45) is 2.32. The largest absolute Gasteiger partial charge is 0.387 e. The van der Waals surface area contributed by atoms with E-state index in [-0.39, 0.29) is 0 Å². The molecular weight excluding hydrogens is 410 g/mol. The van der Waals surface area contributed by atoms with Crippen molar-refractivity contribution in [2.45, 2.75) is 32.8 Å². The number of hydrogen-bond acceptors (Lipinski definition) is 5. The molecule has 0 amide bonds. The van der Waals surface area contributed by atoms with Crippen LogP contribution in [0.1, 0.15) is 34.8 Å². The fraction of sp³-hybridized carbons (Fsp3) is 0.500. The summed E-state index contributed by atoms with van der Waals surface area (Å²) in [5.74, 6) is 0. The average molecular weight is 444 g/mol. The van der Waals surface area contributed by atoms with Crippen molar-refractivity contribution < 1.29 is 13.5 Å². The Kier molecular flexibility index (Phi) is 6.28. The van der Waals surface area contributed by atoms with Gasteiger partial charge in [0.05, 0.1) is 18.0 Å². The summed E-state index contributed by atoms with van der Waals surface area (Å²) in [7, 11) is -3.27. The molecule has 4 rings (SSSR count). The third kappa shape index (κ3) is 4.89. The van der Waals surface area contributed by atoms with E-state index in [2.05, 4.69) is 41.8 Å². The fourth-order valence-corrected chi connectivity index (χ4v) is 5.81. The van der Waals surface area contributed by atoms with E-state index in [1.54, 1.807) is 0 Å². The van der Waals surface area contributed by atoms with E-state index in [1.807, 2.05) is 18.2 Å². The second-order valence-corrected chi connectivity index (χ2v) is 10.8. The van der Waals surface area contributed by atoms with Crippen LogP contribution in [0, 0.1) is 13.8 Å². The zero-order valence-electron chi connectivity index (χ0n) is 18.7. The summed E-state index contributed by atoms with van der Waals surface area (Å²) in [4.78, 5) is 4.74. The predicted molar refractivity (Wildman–Crippen MR) is 126 cm³/mol. The van der Waals surface area contributed by atoms with E-state index < -0.39 is 16.1 Å².